The number of hydrogen-bond acceptors (Lipinski definition) is 4. The summed E-state index contributed by atoms with van der Waals surface area (Å²) in [7, 11) is 0. The highest BCUT2D eigenvalue weighted by molar-refractivity contribution is 5.98. The summed E-state index contributed by atoms with van der Waals surface area (Å²) in [6.07, 6.45) is 12.0. The zero-order valence-corrected chi connectivity index (χ0v) is 13.0. The van der Waals surface area contributed by atoms with Crippen molar-refractivity contribution in [3.05, 3.63) is 29.1 Å². The van der Waals surface area contributed by atoms with E-state index in [0.29, 0.717) is 18.2 Å². The molecule has 0 aliphatic heterocycles. The van der Waals surface area contributed by atoms with E-state index in [1.54, 1.807) is 6.20 Å². The number of nitrogens with zero attached hydrogens (tertiary/aromatic N) is 1. The van der Waals surface area contributed by atoms with Gasteiger partial charge in [0.1, 0.15) is 5.56 Å². The number of ether oxygens (including phenoxy) is 1. The number of allylic oxidation sites excluding steroid dienone is 1. The van der Waals surface area contributed by atoms with Crippen molar-refractivity contribution in [1.29, 1.82) is 0 Å². The molecule has 4 heteroatoms. The summed E-state index contributed by atoms with van der Waals surface area (Å²) in [5.41, 5.74) is 3.65. The van der Waals surface area contributed by atoms with E-state index in [-0.39, 0.29) is 5.97 Å². The molecule has 0 saturated heterocycles. The van der Waals surface area contributed by atoms with E-state index in [1.807, 2.05) is 6.92 Å². The van der Waals surface area contributed by atoms with Crippen molar-refractivity contribution >= 4 is 17.7 Å². The molecule has 2 bridgehead atoms. The molecule has 116 valence electrons. The predicted octanol–water partition coefficient (Wildman–Crippen LogP) is 3.43. The molecule has 4 rings (SSSR count). The molecule has 3 aliphatic carbocycles. The van der Waals surface area contributed by atoms with E-state index < -0.39 is 0 Å². The Morgan fingerprint density at radius 3 is 3.05 bits per heavy atom. The van der Waals surface area contributed by atoms with Crippen LogP contribution >= 0.6 is 0 Å². The second-order valence-electron chi connectivity index (χ2n) is 6.66. The van der Waals surface area contributed by atoms with Gasteiger partial charge < -0.3 is 10.1 Å². The minimum Gasteiger partial charge on any atom is -0.462 e. The van der Waals surface area contributed by atoms with Crippen LogP contribution < -0.4 is 5.32 Å². The number of esters is 1. The second-order valence-corrected chi connectivity index (χ2v) is 6.66. The summed E-state index contributed by atoms with van der Waals surface area (Å²) in [5.74, 6) is 1.36. The van der Waals surface area contributed by atoms with Crippen LogP contribution in [0.15, 0.2) is 12.3 Å². The molecule has 0 radical (unpaired) electrons. The van der Waals surface area contributed by atoms with Gasteiger partial charge in [-0.2, -0.15) is 0 Å². The lowest BCUT2D eigenvalue weighted by Gasteiger charge is -2.26. The van der Waals surface area contributed by atoms with E-state index in [1.165, 1.54) is 25.7 Å². The molecule has 4 nitrogen and oxygen atoms in total. The summed E-state index contributed by atoms with van der Waals surface area (Å²) < 4.78 is 5.21. The Labute approximate surface area is 131 Å². The lowest BCUT2D eigenvalue weighted by Crippen LogP contribution is -2.27. The monoisotopic (exact) mass is 298 g/mol. The summed E-state index contributed by atoms with van der Waals surface area (Å²) in [6, 6.07) is 0.493. The topological polar surface area (TPSA) is 51.2 Å². The van der Waals surface area contributed by atoms with E-state index in [0.717, 1.165) is 35.2 Å². The fraction of sp³-hybridized carbons (Fsp3) is 0.556. The van der Waals surface area contributed by atoms with Gasteiger partial charge in [0, 0.05) is 24.2 Å². The van der Waals surface area contributed by atoms with Crippen LogP contribution in [-0.2, 0) is 11.2 Å². The smallest absolute Gasteiger partial charge is 0.341 e. The van der Waals surface area contributed by atoms with Gasteiger partial charge in [0.15, 0.2) is 0 Å². The molecule has 1 aromatic heterocycles. The van der Waals surface area contributed by atoms with Crippen LogP contribution in [0.25, 0.3) is 6.08 Å². The van der Waals surface area contributed by atoms with E-state index in [9.17, 15) is 4.79 Å². The van der Waals surface area contributed by atoms with Gasteiger partial charge in [0.25, 0.3) is 0 Å². The number of rotatable bonds is 4. The Balaban J connectivity index is 1.68. The molecule has 0 amide bonds. The second kappa shape index (κ2) is 5.41. The van der Waals surface area contributed by atoms with Crippen LogP contribution in [0, 0.1) is 11.8 Å². The maximum absolute atomic E-state index is 12.3. The third kappa shape index (κ3) is 2.21. The van der Waals surface area contributed by atoms with Crippen molar-refractivity contribution in [3.8, 4) is 0 Å². The van der Waals surface area contributed by atoms with Crippen LogP contribution in [-0.4, -0.2) is 23.6 Å². The third-order valence-electron chi connectivity index (χ3n) is 5.36. The fourth-order valence-corrected chi connectivity index (χ4v) is 4.32. The van der Waals surface area contributed by atoms with Gasteiger partial charge in [-0.05, 0) is 38.0 Å². The van der Waals surface area contributed by atoms with Gasteiger partial charge in [-0.25, -0.2) is 4.79 Å². The molecule has 1 N–H and O–H groups in total. The molecule has 22 heavy (non-hydrogen) atoms. The SMILES string of the molecule is CCOC(=O)c1cnc2c(c1N[C@H]1C[C@H]3CC[C@@H]1C3)C=CC2. The number of anilines is 1. The van der Waals surface area contributed by atoms with Crippen LogP contribution in [0.2, 0.25) is 0 Å². The van der Waals surface area contributed by atoms with Gasteiger partial charge in [-0.1, -0.05) is 18.6 Å². The Morgan fingerprint density at radius 2 is 2.32 bits per heavy atom. The molecule has 2 fully saturated rings. The summed E-state index contributed by atoms with van der Waals surface area (Å²) >= 11 is 0. The lowest BCUT2D eigenvalue weighted by molar-refractivity contribution is 0.0527. The van der Waals surface area contributed by atoms with Crippen LogP contribution in [0.4, 0.5) is 5.69 Å². The molecular formula is C18H22N2O2. The highest BCUT2D eigenvalue weighted by atomic mass is 16.5. The average molecular weight is 298 g/mol. The first-order valence-corrected chi connectivity index (χ1v) is 8.38. The minimum atomic E-state index is -0.274. The average Bonchev–Trinajstić information content (AvgIpc) is 3.23. The van der Waals surface area contributed by atoms with E-state index >= 15 is 0 Å². The van der Waals surface area contributed by atoms with Gasteiger partial charge >= 0.3 is 5.97 Å². The number of carbonyl (C=O) groups is 1. The number of nitrogens with one attached hydrogen (secondary N) is 1. The first-order chi connectivity index (χ1) is 10.8. The number of carbonyl (C=O) groups excluding carboxylic acids is 1. The van der Waals surface area contributed by atoms with Crippen molar-refractivity contribution in [3.63, 3.8) is 0 Å². The largest absolute Gasteiger partial charge is 0.462 e. The Kier molecular flexibility index (Phi) is 3.40. The summed E-state index contributed by atoms with van der Waals surface area (Å²) in [6.45, 7) is 2.22. The highest BCUT2D eigenvalue weighted by Gasteiger charge is 2.40. The zero-order valence-electron chi connectivity index (χ0n) is 13.0. The van der Waals surface area contributed by atoms with Crippen LogP contribution in [0.3, 0.4) is 0 Å². The van der Waals surface area contributed by atoms with Crippen LogP contribution in [0.1, 0.15) is 54.2 Å². The number of pyridine rings is 1. The molecule has 1 heterocycles. The minimum absolute atomic E-state index is 0.274. The van der Waals surface area contributed by atoms with E-state index in [2.05, 4.69) is 22.5 Å². The van der Waals surface area contributed by atoms with Gasteiger partial charge in [-0.3, -0.25) is 4.98 Å². The van der Waals surface area contributed by atoms with Crippen molar-refractivity contribution < 1.29 is 9.53 Å². The number of fused-ring (bicyclic) bond motifs is 3. The van der Waals surface area contributed by atoms with Crippen molar-refractivity contribution in [2.75, 3.05) is 11.9 Å². The van der Waals surface area contributed by atoms with Crippen molar-refractivity contribution in [1.82, 2.24) is 4.98 Å². The Bertz CT molecular complexity index is 638. The Morgan fingerprint density at radius 1 is 1.41 bits per heavy atom. The van der Waals surface area contributed by atoms with Crippen LogP contribution in [0.5, 0.6) is 0 Å². The maximum Gasteiger partial charge on any atom is 0.341 e. The standard InChI is InChI=1S/C18H22N2O2/c1-2-22-18(21)14-10-19-15-5-3-4-13(15)17(14)20-16-9-11-6-7-12(16)8-11/h3-4,10-12,16H,2,5-9H2,1H3,(H,19,20)/t11-,12+,16-/m0/s1. The Hall–Kier alpha value is -1.84. The predicted molar refractivity (Wildman–Crippen MR) is 85.8 cm³/mol. The maximum atomic E-state index is 12.3. The first kappa shape index (κ1) is 13.8. The van der Waals surface area contributed by atoms with Crippen molar-refractivity contribution in [2.24, 2.45) is 11.8 Å². The van der Waals surface area contributed by atoms with E-state index in [4.69, 9.17) is 4.74 Å². The zero-order chi connectivity index (χ0) is 15.1. The molecular weight excluding hydrogens is 276 g/mol. The molecule has 1 aromatic rings. The first-order valence-electron chi connectivity index (χ1n) is 8.38. The fourth-order valence-electron chi connectivity index (χ4n) is 4.32. The molecule has 3 aliphatic rings. The lowest BCUT2D eigenvalue weighted by atomic mass is 9.94. The molecule has 0 unspecified atom stereocenters. The van der Waals surface area contributed by atoms with Crippen molar-refractivity contribution in [2.45, 2.75) is 45.1 Å². The molecule has 0 spiro atoms. The number of hydrogen-bond donors (Lipinski definition) is 1. The summed E-state index contributed by atoms with van der Waals surface area (Å²) in [5, 5.41) is 3.69. The molecule has 0 aromatic carbocycles. The van der Waals surface area contributed by atoms with Gasteiger partial charge in [-0.15, -0.1) is 0 Å². The number of aromatic nitrogens is 1. The molecule has 3 atom stereocenters. The summed E-state index contributed by atoms with van der Waals surface area (Å²) in [4.78, 5) is 16.7. The van der Waals surface area contributed by atoms with Gasteiger partial charge in [0.05, 0.1) is 18.0 Å². The quantitative estimate of drug-likeness (QED) is 0.865. The van der Waals surface area contributed by atoms with Gasteiger partial charge in [0.2, 0.25) is 0 Å². The normalized spacial score (nSPS) is 28.0. The highest BCUT2D eigenvalue weighted by Crippen LogP contribution is 2.46. The third-order valence-corrected chi connectivity index (χ3v) is 5.36. The molecule has 2 saturated carbocycles.